The molecule has 1 saturated heterocycles. The van der Waals surface area contributed by atoms with E-state index in [1.54, 1.807) is 12.3 Å². The van der Waals surface area contributed by atoms with Crippen LogP contribution >= 0.6 is 0 Å². The summed E-state index contributed by atoms with van der Waals surface area (Å²) in [4.78, 5) is 32.9. The Morgan fingerprint density at radius 3 is 2.52 bits per heavy atom. The third-order valence-corrected chi connectivity index (χ3v) is 4.79. The molecule has 1 saturated carbocycles. The van der Waals surface area contributed by atoms with E-state index in [4.69, 9.17) is 0 Å². The maximum atomic E-state index is 12.7. The van der Waals surface area contributed by atoms with Crippen molar-refractivity contribution in [1.29, 1.82) is 0 Å². The zero-order chi connectivity index (χ0) is 17.8. The highest BCUT2D eigenvalue weighted by atomic mass is 16.2. The van der Waals surface area contributed by atoms with Gasteiger partial charge in [0.05, 0.1) is 0 Å². The quantitative estimate of drug-likeness (QED) is 0.860. The SMILES string of the molecule is CC(C)CCC(=O)N1CCN(C(=O)c2ccnc(NC3CC3)c2)CC1. The van der Waals surface area contributed by atoms with E-state index in [0.29, 0.717) is 50.1 Å². The molecule has 0 bridgehead atoms. The number of piperazine rings is 1. The number of aromatic nitrogens is 1. The van der Waals surface area contributed by atoms with Gasteiger partial charge < -0.3 is 15.1 Å². The van der Waals surface area contributed by atoms with Crippen molar-refractivity contribution in [2.45, 2.75) is 45.6 Å². The summed E-state index contributed by atoms with van der Waals surface area (Å²) < 4.78 is 0. The van der Waals surface area contributed by atoms with Gasteiger partial charge in [-0.2, -0.15) is 0 Å². The van der Waals surface area contributed by atoms with Gasteiger partial charge in [-0.25, -0.2) is 4.98 Å². The average molecular weight is 344 g/mol. The van der Waals surface area contributed by atoms with Crippen LogP contribution in [0, 0.1) is 5.92 Å². The summed E-state index contributed by atoms with van der Waals surface area (Å²) in [5.74, 6) is 1.55. The van der Waals surface area contributed by atoms with Crippen molar-refractivity contribution in [3.05, 3.63) is 23.9 Å². The lowest BCUT2D eigenvalue weighted by Crippen LogP contribution is -2.50. The largest absolute Gasteiger partial charge is 0.367 e. The molecule has 136 valence electrons. The number of rotatable bonds is 6. The average Bonchev–Trinajstić information content (AvgIpc) is 3.43. The van der Waals surface area contributed by atoms with Crippen LogP contribution in [-0.4, -0.2) is 58.8 Å². The first-order chi connectivity index (χ1) is 12.0. The zero-order valence-electron chi connectivity index (χ0n) is 15.2. The lowest BCUT2D eigenvalue weighted by Gasteiger charge is -2.35. The first kappa shape index (κ1) is 17.7. The molecule has 6 heteroatoms. The fourth-order valence-electron chi connectivity index (χ4n) is 2.99. The number of anilines is 1. The second kappa shape index (κ2) is 7.85. The predicted molar refractivity (Wildman–Crippen MR) is 97.4 cm³/mol. The summed E-state index contributed by atoms with van der Waals surface area (Å²) in [7, 11) is 0. The van der Waals surface area contributed by atoms with E-state index in [-0.39, 0.29) is 11.8 Å². The van der Waals surface area contributed by atoms with Crippen LogP contribution in [0.1, 0.15) is 49.9 Å². The molecule has 0 atom stereocenters. The van der Waals surface area contributed by atoms with Crippen LogP contribution < -0.4 is 5.32 Å². The van der Waals surface area contributed by atoms with Gasteiger partial charge in [-0.3, -0.25) is 9.59 Å². The number of nitrogens with zero attached hydrogens (tertiary/aromatic N) is 3. The molecule has 25 heavy (non-hydrogen) atoms. The Morgan fingerprint density at radius 1 is 1.20 bits per heavy atom. The molecule has 1 aromatic heterocycles. The number of pyridine rings is 1. The predicted octanol–water partition coefficient (Wildman–Crippen LogP) is 2.38. The molecule has 2 amide bonds. The standard InChI is InChI=1S/C19H28N4O2/c1-14(2)3-6-18(24)22-9-11-23(12-10-22)19(25)15-7-8-20-17(13-15)21-16-4-5-16/h7-8,13-14,16H,3-6,9-12H2,1-2H3,(H,20,21). The van der Waals surface area contributed by atoms with Gasteiger partial charge in [0, 0.05) is 50.4 Å². The fourth-order valence-corrected chi connectivity index (χ4v) is 2.99. The lowest BCUT2D eigenvalue weighted by molar-refractivity contribution is -0.132. The Kier molecular flexibility index (Phi) is 5.56. The van der Waals surface area contributed by atoms with E-state index < -0.39 is 0 Å². The van der Waals surface area contributed by atoms with Gasteiger partial charge in [-0.05, 0) is 37.3 Å². The van der Waals surface area contributed by atoms with Crippen molar-refractivity contribution < 1.29 is 9.59 Å². The number of carbonyl (C=O) groups excluding carboxylic acids is 2. The Morgan fingerprint density at radius 2 is 1.88 bits per heavy atom. The summed E-state index contributed by atoms with van der Waals surface area (Å²) in [5.41, 5.74) is 0.665. The molecule has 0 spiro atoms. The first-order valence-corrected chi connectivity index (χ1v) is 9.32. The minimum absolute atomic E-state index is 0.0236. The minimum atomic E-state index is 0.0236. The smallest absolute Gasteiger partial charge is 0.254 e. The van der Waals surface area contributed by atoms with E-state index in [2.05, 4.69) is 24.1 Å². The maximum absolute atomic E-state index is 12.7. The highest BCUT2D eigenvalue weighted by molar-refractivity contribution is 5.95. The molecule has 2 heterocycles. The summed E-state index contributed by atoms with van der Waals surface area (Å²) in [5, 5.41) is 3.32. The van der Waals surface area contributed by atoms with Crippen LogP contribution in [-0.2, 0) is 4.79 Å². The summed E-state index contributed by atoms with van der Waals surface area (Å²) in [6.45, 7) is 6.71. The molecule has 6 nitrogen and oxygen atoms in total. The fraction of sp³-hybridized carbons (Fsp3) is 0.632. The molecule has 2 aliphatic rings. The molecule has 3 rings (SSSR count). The van der Waals surface area contributed by atoms with Gasteiger partial charge in [0.25, 0.3) is 5.91 Å². The molecule has 0 radical (unpaired) electrons. The van der Waals surface area contributed by atoms with Crippen molar-refractivity contribution >= 4 is 17.6 Å². The van der Waals surface area contributed by atoms with Gasteiger partial charge in [-0.15, -0.1) is 0 Å². The van der Waals surface area contributed by atoms with Crippen LogP contribution in [0.25, 0.3) is 0 Å². The lowest BCUT2D eigenvalue weighted by atomic mass is 10.1. The Labute approximate surface area is 149 Å². The normalized spacial score (nSPS) is 17.7. The highest BCUT2D eigenvalue weighted by Crippen LogP contribution is 2.24. The second-order valence-electron chi connectivity index (χ2n) is 7.45. The maximum Gasteiger partial charge on any atom is 0.254 e. The van der Waals surface area contributed by atoms with E-state index in [1.165, 1.54) is 12.8 Å². The van der Waals surface area contributed by atoms with Crippen LogP contribution in [0.2, 0.25) is 0 Å². The number of carbonyl (C=O) groups is 2. The molecular formula is C19H28N4O2. The summed E-state index contributed by atoms with van der Waals surface area (Å²) in [6, 6.07) is 4.11. The summed E-state index contributed by atoms with van der Waals surface area (Å²) in [6.07, 6.45) is 5.56. The third kappa shape index (κ3) is 4.94. The van der Waals surface area contributed by atoms with Crippen LogP contribution in [0.15, 0.2) is 18.3 Å². The summed E-state index contributed by atoms with van der Waals surface area (Å²) >= 11 is 0. The van der Waals surface area contributed by atoms with Crippen LogP contribution in [0.3, 0.4) is 0 Å². The molecule has 1 aliphatic heterocycles. The van der Waals surface area contributed by atoms with Gasteiger partial charge >= 0.3 is 0 Å². The van der Waals surface area contributed by atoms with Crippen LogP contribution in [0.4, 0.5) is 5.82 Å². The topological polar surface area (TPSA) is 65.5 Å². The zero-order valence-corrected chi connectivity index (χ0v) is 15.2. The van der Waals surface area contributed by atoms with Crippen molar-refractivity contribution in [2.24, 2.45) is 5.92 Å². The van der Waals surface area contributed by atoms with Crippen molar-refractivity contribution in [1.82, 2.24) is 14.8 Å². The van der Waals surface area contributed by atoms with Crippen molar-refractivity contribution in [2.75, 3.05) is 31.5 Å². The molecule has 0 unspecified atom stereocenters. The second-order valence-corrected chi connectivity index (χ2v) is 7.45. The Balaban J connectivity index is 1.52. The number of hydrogen-bond acceptors (Lipinski definition) is 4. The highest BCUT2D eigenvalue weighted by Gasteiger charge is 2.26. The Hall–Kier alpha value is -2.11. The van der Waals surface area contributed by atoms with E-state index >= 15 is 0 Å². The molecule has 2 fully saturated rings. The minimum Gasteiger partial charge on any atom is -0.367 e. The van der Waals surface area contributed by atoms with Crippen molar-refractivity contribution in [3.63, 3.8) is 0 Å². The Bertz CT molecular complexity index is 620. The van der Waals surface area contributed by atoms with Gasteiger partial charge in [-0.1, -0.05) is 13.8 Å². The number of nitrogens with one attached hydrogen (secondary N) is 1. The molecule has 1 aromatic rings. The number of hydrogen-bond donors (Lipinski definition) is 1. The van der Waals surface area contributed by atoms with Crippen molar-refractivity contribution in [3.8, 4) is 0 Å². The van der Waals surface area contributed by atoms with Crippen LogP contribution in [0.5, 0.6) is 0 Å². The first-order valence-electron chi connectivity index (χ1n) is 9.32. The molecule has 0 aromatic carbocycles. The molecule has 1 aliphatic carbocycles. The monoisotopic (exact) mass is 344 g/mol. The van der Waals surface area contributed by atoms with Gasteiger partial charge in [0.1, 0.15) is 5.82 Å². The van der Waals surface area contributed by atoms with E-state index in [1.807, 2.05) is 15.9 Å². The molecular weight excluding hydrogens is 316 g/mol. The molecule has 1 N–H and O–H groups in total. The van der Waals surface area contributed by atoms with E-state index in [0.717, 1.165) is 12.2 Å². The van der Waals surface area contributed by atoms with E-state index in [9.17, 15) is 9.59 Å². The van der Waals surface area contributed by atoms with Gasteiger partial charge in [0.15, 0.2) is 0 Å². The number of amides is 2. The third-order valence-electron chi connectivity index (χ3n) is 4.79. The van der Waals surface area contributed by atoms with Gasteiger partial charge in [0.2, 0.25) is 5.91 Å².